The van der Waals surface area contributed by atoms with E-state index in [2.05, 4.69) is 23.1 Å². The summed E-state index contributed by atoms with van der Waals surface area (Å²) in [6.07, 6.45) is 3.96. The fourth-order valence-electron chi connectivity index (χ4n) is 3.02. The molecule has 0 saturated carbocycles. The molecule has 1 N–H and O–H groups in total. The van der Waals surface area contributed by atoms with Crippen LogP contribution in [0.3, 0.4) is 0 Å². The minimum atomic E-state index is -0.0832. The number of hydrogen-bond acceptors (Lipinski definition) is 4. The molecule has 116 valence electrons. The molecule has 2 aliphatic heterocycles. The van der Waals surface area contributed by atoms with Gasteiger partial charge in [-0.3, -0.25) is 0 Å². The van der Waals surface area contributed by atoms with Crippen molar-refractivity contribution in [2.45, 2.75) is 36.7 Å². The van der Waals surface area contributed by atoms with Crippen LogP contribution in [0.4, 0.5) is 0 Å². The van der Waals surface area contributed by atoms with E-state index in [-0.39, 0.29) is 6.10 Å². The third-order valence-electron chi connectivity index (χ3n) is 4.40. The Bertz CT molecular complexity index is 458. The van der Waals surface area contributed by atoms with Crippen molar-refractivity contribution < 1.29 is 9.84 Å². The number of fused-ring (bicyclic) bond motifs is 1. The molecule has 1 aromatic carbocycles. The number of piperidine rings is 1. The monoisotopic (exact) mass is 307 g/mol. The van der Waals surface area contributed by atoms with Gasteiger partial charge in [0, 0.05) is 30.3 Å². The van der Waals surface area contributed by atoms with Crippen LogP contribution in [0, 0.1) is 0 Å². The van der Waals surface area contributed by atoms with E-state index in [4.69, 9.17) is 4.74 Å². The van der Waals surface area contributed by atoms with Gasteiger partial charge in [-0.05, 0) is 42.9 Å². The average Bonchev–Trinajstić information content (AvgIpc) is 2.96. The van der Waals surface area contributed by atoms with Gasteiger partial charge in [0.15, 0.2) is 0 Å². The van der Waals surface area contributed by atoms with Crippen LogP contribution in [0.15, 0.2) is 23.1 Å². The number of thioether (sulfide) groups is 1. The number of aliphatic hydroxyl groups excluding tert-OH is 1. The van der Waals surface area contributed by atoms with Gasteiger partial charge < -0.3 is 14.7 Å². The molecule has 0 aliphatic carbocycles. The molecule has 4 heteroatoms. The fraction of sp³-hybridized carbons (Fsp3) is 0.647. The zero-order chi connectivity index (χ0) is 14.5. The first-order chi connectivity index (χ1) is 10.3. The van der Waals surface area contributed by atoms with Crippen LogP contribution in [-0.2, 0) is 17.6 Å². The predicted molar refractivity (Wildman–Crippen MR) is 87.1 cm³/mol. The summed E-state index contributed by atoms with van der Waals surface area (Å²) in [5.41, 5.74) is 2.92. The largest absolute Gasteiger partial charge is 0.393 e. The first kappa shape index (κ1) is 15.3. The Kier molecular flexibility index (Phi) is 5.58. The first-order valence-corrected chi connectivity index (χ1v) is 9.02. The third kappa shape index (κ3) is 4.46. The van der Waals surface area contributed by atoms with E-state index in [1.807, 2.05) is 11.8 Å². The lowest BCUT2D eigenvalue weighted by Crippen LogP contribution is -2.37. The maximum atomic E-state index is 9.47. The first-order valence-electron chi connectivity index (χ1n) is 8.04. The molecular formula is C17H25NO2S. The van der Waals surface area contributed by atoms with Crippen molar-refractivity contribution in [3.05, 3.63) is 29.3 Å². The van der Waals surface area contributed by atoms with E-state index in [0.717, 1.165) is 52.1 Å². The topological polar surface area (TPSA) is 32.7 Å². The quantitative estimate of drug-likeness (QED) is 0.818. The molecule has 2 heterocycles. The smallest absolute Gasteiger partial charge is 0.0593 e. The van der Waals surface area contributed by atoms with Gasteiger partial charge in [-0.1, -0.05) is 12.1 Å². The maximum Gasteiger partial charge on any atom is 0.0593 e. The number of likely N-dealkylation sites (tertiary alicyclic amines) is 1. The predicted octanol–water partition coefficient (Wildman–Crippen LogP) is 2.35. The lowest BCUT2D eigenvalue weighted by Gasteiger charge is -2.29. The zero-order valence-electron chi connectivity index (χ0n) is 12.6. The number of ether oxygens (including phenoxy) is 1. The molecule has 2 aliphatic rings. The van der Waals surface area contributed by atoms with E-state index in [1.165, 1.54) is 28.2 Å². The standard InChI is InChI=1S/C17H25NO2S/c19-16-3-7-18(8-4-16)9-11-20-10-5-14-1-2-17-15(13-14)6-12-21-17/h1-2,13,16,19H,3-12H2. The van der Waals surface area contributed by atoms with E-state index < -0.39 is 0 Å². The average molecular weight is 307 g/mol. The van der Waals surface area contributed by atoms with E-state index in [9.17, 15) is 5.11 Å². The van der Waals surface area contributed by atoms with Gasteiger partial charge in [-0.25, -0.2) is 0 Å². The Morgan fingerprint density at radius 2 is 2.10 bits per heavy atom. The molecule has 0 aromatic heterocycles. The highest BCUT2D eigenvalue weighted by atomic mass is 32.2. The number of nitrogens with zero attached hydrogens (tertiary/aromatic N) is 1. The van der Waals surface area contributed by atoms with Gasteiger partial charge in [0.25, 0.3) is 0 Å². The Hall–Kier alpha value is -0.550. The highest BCUT2D eigenvalue weighted by Gasteiger charge is 2.16. The highest BCUT2D eigenvalue weighted by molar-refractivity contribution is 7.99. The van der Waals surface area contributed by atoms with Crippen LogP contribution in [-0.4, -0.2) is 54.7 Å². The number of aryl methyl sites for hydroxylation is 1. The summed E-state index contributed by atoms with van der Waals surface area (Å²) < 4.78 is 5.78. The zero-order valence-corrected chi connectivity index (χ0v) is 13.4. The molecule has 0 spiro atoms. The van der Waals surface area contributed by atoms with Gasteiger partial charge in [-0.2, -0.15) is 0 Å². The molecule has 0 radical (unpaired) electrons. The molecule has 0 unspecified atom stereocenters. The van der Waals surface area contributed by atoms with Crippen molar-refractivity contribution >= 4 is 11.8 Å². The van der Waals surface area contributed by atoms with Crippen molar-refractivity contribution in [3.63, 3.8) is 0 Å². The number of hydrogen-bond donors (Lipinski definition) is 1. The fourth-order valence-corrected chi connectivity index (χ4v) is 4.08. The van der Waals surface area contributed by atoms with E-state index >= 15 is 0 Å². The Morgan fingerprint density at radius 1 is 1.24 bits per heavy atom. The molecule has 0 atom stereocenters. The number of benzene rings is 1. The molecule has 1 fully saturated rings. The van der Waals surface area contributed by atoms with Crippen molar-refractivity contribution in [1.82, 2.24) is 4.90 Å². The molecule has 1 saturated heterocycles. The second kappa shape index (κ2) is 7.63. The van der Waals surface area contributed by atoms with Crippen LogP contribution in [0.25, 0.3) is 0 Å². The van der Waals surface area contributed by atoms with Crippen LogP contribution >= 0.6 is 11.8 Å². The number of rotatable bonds is 6. The summed E-state index contributed by atoms with van der Waals surface area (Å²) in [6, 6.07) is 6.86. The summed E-state index contributed by atoms with van der Waals surface area (Å²) >= 11 is 1.97. The molecule has 3 nitrogen and oxygen atoms in total. The van der Waals surface area contributed by atoms with Crippen molar-refractivity contribution in [2.75, 3.05) is 38.6 Å². The summed E-state index contributed by atoms with van der Waals surface area (Å²) in [6.45, 7) is 4.62. The molecular weight excluding hydrogens is 282 g/mol. The van der Waals surface area contributed by atoms with E-state index in [0.29, 0.717) is 0 Å². The van der Waals surface area contributed by atoms with Crippen molar-refractivity contribution in [3.8, 4) is 0 Å². The summed E-state index contributed by atoms with van der Waals surface area (Å²) in [5, 5.41) is 9.47. The number of aliphatic hydroxyl groups is 1. The minimum absolute atomic E-state index is 0.0832. The van der Waals surface area contributed by atoms with E-state index in [1.54, 1.807) is 0 Å². The molecule has 1 aromatic rings. The van der Waals surface area contributed by atoms with Gasteiger partial charge in [0.1, 0.15) is 0 Å². The molecule has 0 bridgehead atoms. The molecule has 0 amide bonds. The lowest BCUT2D eigenvalue weighted by atomic mass is 10.1. The van der Waals surface area contributed by atoms with Gasteiger partial charge in [0.2, 0.25) is 0 Å². The maximum absolute atomic E-state index is 9.47. The molecule has 21 heavy (non-hydrogen) atoms. The van der Waals surface area contributed by atoms with Crippen LogP contribution in [0.5, 0.6) is 0 Å². The second-order valence-electron chi connectivity index (χ2n) is 5.98. The second-order valence-corrected chi connectivity index (χ2v) is 7.11. The SMILES string of the molecule is OC1CCN(CCOCCc2ccc3c(c2)CCS3)CC1. The Balaban J connectivity index is 1.31. The van der Waals surface area contributed by atoms with Gasteiger partial charge >= 0.3 is 0 Å². The Morgan fingerprint density at radius 3 is 2.95 bits per heavy atom. The van der Waals surface area contributed by atoms with Gasteiger partial charge in [0.05, 0.1) is 19.3 Å². The Labute approximate surface area is 131 Å². The lowest BCUT2D eigenvalue weighted by molar-refractivity contribution is 0.0564. The third-order valence-corrected chi connectivity index (χ3v) is 5.52. The summed E-state index contributed by atoms with van der Waals surface area (Å²) in [7, 11) is 0. The molecule has 3 rings (SSSR count). The minimum Gasteiger partial charge on any atom is -0.393 e. The van der Waals surface area contributed by atoms with Crippen molar-refractivity contribution in [1.29, 1.82) is 0 Å². The summed E-state index contributed by atoms with van der Waals surface area (Å²) in [5.74, 6) is 1.24. The normalized spacial score (nSPS) is 19.9. The van der Waals surface area contributed by atoms with Crippen LogP contribution in [0.2, 0.25) is 0 Å². The van der Waals surface area contributed by atoms with Crippen LogP contribution in [0.1, 0.15) is 24.0 Å². The van der Waals surface area contributed by atoms with Gasteiger partial charge in [-0.15, -0.1) is 11.8 Å². The highest BCUT2D eigenvalue weighted by Crippen LogP contribution is 2.31. The van der Waals surface area contributed by atoms with Crippen molar-refractivity contribution in [2.24, 2.45) is 0 Å². The van der Waals surface area contributed by atoms with Crippen LogP contribution < -0.4 is 0 Å². The summed E-state index contributed by atoms with van der Waals surface area (Å²) in [4.78, 5) is 3.85.